The molecule has 0 atom stereocenters. The maximum Gasteiger partial charge on any atom is 0.303 e. The van der Waals surface area contributed by atoms with Gasteiger partial charge in [0.2, 0.25) is 0 Å². The van der Waals surface area contributed by atoms with Gasteiger partial charge in [0.25, 0.3) is 10.2 Å². The number of carbonyl (C=O) groups is 1. The van der Waals surface area contributed by atoms with Gasteiger partial charge in [-0.2, -0.15) is 8.42 Å². The average molecular weight is 258 g/mol. The van der Waals surface area contributed by atoms with Crippen LogP contribution in [0.2, 0.25) is 0 Å². The van der Waals surface area contributed by atoms with Crippen LogP contribution >= 0.6 is 0 Å². The molecule has 0 fully saturated rings. The molecule has 0 aliphatic heterocycles. The molecule has 0 heterocycles. The smallest absolute Gasteiger partial charge is 0.303 e. The lowest BCUT2D eigenvalue weighted by atomic mass is 10.1. The fourth-order valence-corrected chi connectivity index (χ4v) is 1.79. The zero-order chi connectivity index (χ0) is 12.9. The second-order valence-electron chi connectivity index (χ2n) is 3.40. The van der Waals surface area contributed by atoms with Crippen LogP contribution in [-0.4, -0.2) is 26.5 Å². The molecule has 1 aromatic rings. The summed E-state index contributed by atoms with van der Waals surface area (Å²) in [4.78, 5) is 10.4. The molecule has 0 unspecified atom stereocenters. The molecule has 0 radical (unpaired) electrons. The van der Waals surface area contributed by atoms with Gasteiger partial charge in [0.15, 0.2) is 0 Å². The Labute approximate surface area is 99.8 Å². The van der Waals surface area contributed by atoms with Gasteiger partial charge in [-0.3, -0.25) is 9.52 Å². The van der Waals surface area contributed by atoms with E-state index in [0.29, 0.717) is 12.1 Å². The predicted molar refractivity (Wildman–Crippen MR) is 64.0 cm³/mol. The number of rotatable bonds is 6. The van der Waals surface area contributed by atoms with Gasteiger partial charge in [0.1, 0.15) is 0 Å². The molecule has 0 bridgehead atoms. The van der Waals surface area contributed by atoms with Gasteiger partial charge < -0.3 is 5.11 Å². The van der Waals surface area contributed by atoms with Crippen molar-refractivity contribution in [1.82, 2.24) is 4.72 Å². The van der Waals surface area contributed by atoms with Gasteiger partial charge in [-0.1, -0.05) is 12.1 Å². The molecule has 3 N–H and O–H groups in total. The SMILES string of the molecule is CNS(=O)(=O)Nc1cccc(CCC(=O)O)c1. The molecule has 1 rings (SSSR count). The fourth-order valence-electron chi connectivity index (χ4n) is 1.25. The molecule has 7 heteroatoms. The fraction of sp³-hybridized carbons (Fsp3) is 0.300. The van der Waals surface area contributed by atoms with E-state index in [1.165, 1.54) is 7.05 Å². The van der Waals surface area contributed by atoms with Crippen molar-refractivity contribution in [1.29, 1.82) is 0 Å². The van der Waals surface area contributed by atoms with Gasteiger partial charge in [0.05, 0.1) is 5.69 Å². The average Bonchev–Trinajstić information content (AvgIpc) is 2.26. The highest BCUT2D eigenvalue weighted by atomic mass is 32.2. The number of hydrogen-bond acceptors (Lipinski definition) is 3. The number of carboxylic acids is 1. The molecule has 6 nitrogen and oxygen atoms in total. The standard InChI is InChI=1S/C10H14N2O4S/c1-11-17(15,16)12-9-4-2-3-8(7-9)5-6-10(13)14/h2-4,7,11-12H,5-6H2,1H3,(H,13,14). The zero-order valence-corrected chi connectivity index (χ0v) is 10.1. The van der Waals surface area contributed by atoms with Crippen LogP contribution in [0.3, 0.4) is 0 Å². The Morgan fingerprint density at radius 3 is 2.71 bits per heavy atom. The van der Waals surface area contributed by atoms with Crippen molar-refractivity contribution in [2.75, 3.05) is 11.8 Å². The number of hydrogen-bond donors (Lipinski definition) is 3. The Bertz CT molecular complexity index is 499. The number of nitrogens with one attached hydrogen (secondary N) is 2. The van der Waals surface area contributed by atoms with Gasteiger partial charge >= 0.3 is 5.97 Å². The van der Waals surface area contributed by atoms with Crippen molar-refractivity contribution in [3.05, 3.63) is 29.8 Å². The summed E-state index contributed by atoms with van der Waals surface area (Å²) in [7, 11) is -2.23. The monoisotopic (exact) mass is 258 g/mol. The summed E-state index contributed by atoms with van der Waals surface area (Å²) >= 11 is 0. The summed E-state index contributed by atoms with van der Waals surface area (Å²) in [5.41, 5.74) is 1.17. The number of aryl methyl sites for hydroxylation is 1. The summed E-state index contributed by atoms with van der Waals surface area (Å²) in [6.45, 7) is 0. The molecule has 0 aliphatic carbocycles. The van der Waals surface area contributed by atoms with Crippen molar-refractivity contribution < 1.29 is 18.3 Å². The van der Waals surface area contributed by atoms with E-state index in [1.54, 1.807) is 24.3 Å². The maximum atomic E-state index is 11.2. The van der Waals surface area contributed by atoms with E-state index in [-0.39, 0.29) is 6.42 Å². The molecule has 94 valence electrons. The normalized spacial score (nSPS) is 11.1. The summed E-state index contributed by atoms with van der Waals surface area (Å²) in [6.07, 6.45) is 0.382. The molecule has 0 spiro atoms. The van der Waals surface area contributed by atoms with Crippen molar-refractivity contribution >= 4 is 21.9 Å². The van der Waals surface area contributed by atoms with Gasteiger partial charge in [-0.25, -0.2) is 4.72 Å². The highest BCUT2D eigenvalue weighted by molar-refractivity contribution is 7.90. The van der Waals surface area contributed by atoms with E-state index < -0.39 is 16.2 Å². The lowest BCUT2D eigenvalue weighted by molar-refractivity contribution is -0.136. The van der Waals surface area contributed by atoms with E-state index >= 15 is 0 Å². The maximum absolute atomic E-state index is 11.2. The Hall–Kier alpha value is -1.60. The third-order valence-corrected chi connectivity index (χ3v) is 3.12. The Balaban J connectivity index is 2.76. The molecular weight excluding hydrogens is 244 g/mol. The minimum atomic E-state index is -3.54. The van der Waals surface area contributed by atoms with E-state index in [0.717, 1.165) is 5.56 Å². The van der Waals surface area contributed by atoms with E-state index in [4.69, 9.17) is 5.11 Å². The zero-order valence-electron chi connectivity index (χ0n) is 9.30. The van der Waals surface area contributed by atoms with Crippen LogP contribution in [0.5, 0.6) is 0 Å². The molecule has 17 heavy (non-hydrogen) atoms. The minimum Gasteiger partial charge on any atom is -0.481 e. The molecule has 1 aromatic carbocycles. The second-order valence-corrected chi connectivity index (χ2v) is 5.02. The number of benzene rings is 1. The Morgan fingerprint density at radius 1 is 1.41 bits per heavy atom. The van der Waals surface area contributed by atoms with Crippen LogP contribution < -0.4 is 9.44 Å². The van der Waals surface area contributed by atoms with Crippen LogP contribution in [0.25, 0.3) is 0 Å². The number of aliphatic carboxylic acids is 1. The quantitative estimate of drug-likeness (QED) is 0.695. The first-order valence-electron chi connectivity index (χ1n) is 4.95. The van der Waals surface area contributed by atoms with E-state index in [1.807, 2.05) is 0 Å². The van der Waals surface area contributed by atoms with Crippen LogP contribution in [0.1, 0.15) is 12.0 Å². The number of anilines is 1. The first-order chi connectivity index (χ1) is 7.93. The lowest BCUT2D eigenvalue weighted by Crippen LogP contribution is -2.26. The topological polar surface area (TPSA) is 95.5 Å². The first-order valence-corrected chi connectivity index (χ1v) is 6.43. The molecule has 0 aromatic heterocycles. The van der Waals surface area contributed by atoms with Crippen molar-refractivity contribution in [3.63, 3.8) is 0 Å². The van der Waals surface area contributed by atoms with E-state index in [9.17, 15) is 13.2 Å². The van der Waals surface area contributed by atoms with Gasteiger partial charge in [-0.15, -0.1) is 0 Å². The first kappa shape index (κ1) is 13.5. The van der Waals surface area contributed by atoms with Gasteiger partial charge in [-0.05, 0) is 24.1 Å². The molecule has 0 saturated carbocycles. The van der Waals surface area contributed by atoms with Crippen LogP contribution in [0, 0.1) is 0 Å². The Kier molecular flexibility index (Phi) is 4.47. The van der Waals surface area contributed by atoms with E-state index in [2.05, 4.69) is 9.44 Å². The van der Waals surface area contributed by atoms with Crippen molar-refractivity contribution in [2.24, 2.45) is 0 Å². The lowest BCUT2D eigenvalue weighted by Gasteiger charge is -2.07. The Morgan fingerprint density at radius 2 is 2.12 bits per heavy atom. The van der Waals surface area contributed by atoms with Crippen LogP contribution in [0.15, 0.2) is 24.3 Å². The summed E-state index contributed by atoms with van der Waals surface area (Å²) in [5.74, 6) is -0.883. The summed E-state index contributed by atoms with van der Waals surface area (Å²) in [5, 5.41) is 8.55. The van der Waals surface area contributed by atoms with Crippen LogP contribution in [0.4, 0.5) is 5.69 Å². The highest BCUT2D eigenvalue weighted by Crippen LogP contribution is 2.13. The third kappa shape index (κ3) is 4.83. The van der Waals surface area contributed by atoms with Crippen molar-refractivity contribution in [2.45, 2.75) is 12.8 Å². The van der Waals surface area contributed by atoms with Crippen molar-refractivity contribution in [3.8, 4) is 0 Å². The number of carboxylic acid groups (broad SMARTS) is 1. The summed E-state index contributed by atoms with van der Waals surface area (Å²) < 4.78 is 26.9. The minimum absolute atomic E-state index is 0.0161. The summed E-state index contributed by atoms with van der Waals surface area (Å²) in [6, 6.07) is 6.63. The third-order valence-electron chi connectivity index (χ3n) is 2.08. The molecule has 0 aliphatic rings. The molecular formula is C10H14N2O4S. The second kappa shape index (κ2) is 5.65. The predicted octanol–water partition coefficient (Wildman–Crippen LogP) is 0.580. The molecule has 0 amide bonds. The van der Waals surface area contributed by atoms with Crippen LogP contribution in [-0.2, 0) is 21.4 Å². The highest BCUT2D eigenvalue weighted by Gasteiger charge is 2.06. The van der Waals surface area contributed by atoms with Gasteiger partial charge in [0, 0.05) is 13.5 Å². The molecule has 0 saturated heterocycles. The largest absolute Gasteiger partial charge is 0.481 e.